The molecule has 132 valence electrons. The Morgan fingerprint density at radius 2 is 1.88 bits per heavy atom. The fraction of sp³-hybridized carbons (Fsp3) is 0.368. The number of carbonyl (C=O) groups is 1. The van der Waals surface area contributed by atoms with Crippen LogP contribution >= 0.6 is 0 Å². The van der Waals surface area contributed by atoms with Gasteiger partial charge in [-0.25, -0.2) is 4.98 Å². The van der Waals surface area contributed by atoms with Gasteiger partial charge in [-0.3, -0.25) is 4.79 Å². The van der Waals surface area contributed by atoms with E-state index in [0.29, 0.717) is 6.54 Å². The summed E-state index contributed by atoms with van der Waals surface area (Å²) in [6, 6.07) is 9.92. The van der Waals surface area contributed by atoms with Gasteiger partial charge in [0, 0.05) is 30.2 Å². The molecule has 2 aromatic heterocycles. The maximum Gasteiger partial charge on any atom is 0.244 e. The van der Waals surface area contributed by atoms with Gasteiger partial charge in [0.25, 0.3) is 0 Å². The molecule has 0 saturated heterocycles. The normalized spacial score (nSPS) is 11.4. The number of imidazole rings is 1. The summed E-state index contributed by atoms with van der Waals surface area (Å²) in [5.41, 5.74) is 4.92. The third-order valence-corrected chi connectivity index (χ3v) is 4.41. The minimum absolute atomic E-state index is 0.0335. The molecule has 0 spiro atoms. The van der Waals surface area contributed by atoms with Crippen LogP contribution in [0.15, 0.2) is 36.7 Å². The summed E-state index contributed by atoms with van der Waals surface area (Å²) in [6.07, 6.45) is 1.85. The van der Waals surface area contributed by atoms with Crippen molar-refractivity contribution >= 4 is 22.6 Å². The second kappa shape index (κ2) is 7.11. The lowest BCUT2D eigenvalue weighted by Gasteiger charge is -2.11. The molecule has 0 fully saturated rings. The predicted molar refractivity (Wildman–Crippen MR) is 101 cm³/mol. The molecule has 6 heteroatoms. The third kappa shape index (κ3) is 3.91. The summed E-state index contributed by atoms with van der Waals surface area (Å²) in [5, 5.41) is 2.97. The van der Waals surface area contributed by atoms with Crippen molar-refractivity contribution in [1.82, 2.24) is 19.0 Å². The summed E-state index contributed by atoms with van der Waals surface area (Å²) in [7, 11) is 4.11. The largest absolute Gasteiger partial charge is 0.340 e. The van der Waals surface area contributed by atoms with Crippen LogP contribution < -0.4 is 5.32 Å². The van der Waals surface area contributed by atoms with Gasteiger partial charge in [0.15, 0.2) is 0 Å². The number of carbonyl (C=O) groups excluding carboxylic acids is 1. The molecule has 2 heterocycles. The lowest BCUT2D eigenvalue weighted by molar-refractivity contribution is -0.116. The molecule has 6 nitrogen and oxygen atoms in total. The van der Waals surface area contributed by atoms with Crippen LogP contribution in [0.3, 0.4) is 0 Å². The highest BCUT2D eigenvalue weighted by molar-refractivity contribution is 5.93. The lowest BCUT2D eigenvalue weighted by atomic mass is 10.2. The van der Waals surface area contributed by atoms with E-state index in [2.05, 4.69) is 33.9 Å². The Morgan fingerprint density at radius 1 is 1.16 bits per heavy atom. The molecule has 1 amide bonds. The number of nitrogens with one attached hydrogen (secondary N) is 1. The Kier molecular flexibility index (Phi) is 4.90. The fourth-order valence-electron chi connectivity index (χ4n) is 2.92. The molecular weight excluding hydrogens is 314 g/mol. The van der Waals surface area contributed by atoms with Crippen LogP contribution in [0.4, 0.5) is 5.69 Å². The topological polar surface area (TPSA) is 55.1 Å². The molecule has 0 saturated carbocycles. The van der Waals surface area contributed by atoms with Crippen molar-refractivity contribution in [2.75, 3.05) is 26.0 Å². The van der Waals surface area contributed by atoms with Crippen molar-refractivity contribution in [3.63, 3.8) is 0 Å². The number of hydrogen-bond acceptors (Lipinski definition) is 3. The van der Waals surface area contributed by atoms with Gasteiger partial charge < -0.3 is 19.4 Å². The molecule has 0 aliphatic heterocycles. The Hall–Kier alpha value is -2.60. The number of anilines is 1. The van der Waals surface area contributed by atoms with Crippen LogP contribution in [0.2, 0.25) is 0 Å². The Balaban J connectivity index is 1.71. The number of likely N-dealkylation sites (N-methyl/N-ethyl adjacent to an activating group) is 1. The van der Waals surface area contributed by atoms with Gasteiger partial charge in [-0.05, 0) is 58.3 Å². The number of nitrogens with zero attached hydrogens (tertiary/aromatic N) is 4. The molecule has 0 atom stereocenters. The molecule has 25 heavy (non-hydrogen) atoms. The van der Waals surface area contributed by atoms with Gasteiger partial charge in [-0.2, -0.15) is 0 Å². The van der Waals surface area contributed by atoms with E-state index >= 15 is 0 Å². The van der Waals surface area contributed by atoms with Crippen molar-refractivity contribution in [3.05, 3.63) is 48.0 Å². The Morgan fingerprint density at radius 3 is 2.56 bits per heavy atom. The highest BCUT2D eigenvalue weighted by Gasteiger charge is 2.09. The number of fused-ring (bicyclic) bond motifs is 1. The highest BCUT2D eigenvalue weighted by atomic mass is 16.1. The average Bonchev–Trinajstić information content (AvgIpc) is 3.10. The summed E-state index contributed by atoms with van der Waals surface area (Å²) in [4.78, 5) is 18.9. The van der Waals surface area contributed by atoms with E-state index < -0.39 is 0 Å². The SMILES string of the molecule is Cc1ccc(C)n1CC(=O)Nc1ccc2c(c1)ncn2CCN(C)C. The van der Waals surface area contributed by atoms with Gasteiger partial charge in [0.05, 0.1) is 17.4 Å². The Bertz CT molecular complexity index is 871. The summed E-state index contributed by atoms with van der Waals surface area (Å²) >= 11 is 0. The average molecular weight is 339 g/mol. The van der Waals surface area contributed by atoms with Gasteiger partial charge >= 0.3 is 0 Å². The smallest absolute Gasteiger partial charge is 0.244 e. The lowest BCUT2D eigenvalue weighted by Crippen LogP contribution is -2.20. The van der Waals surface area contributed by atoms with Crippen LogP contribution in [-0.4, -0.2) is 45.6 Å². The van der Waals surface area contributed by atoms with E-state index in [1.54, 1.807) is 0 Å². The van der Waals surface area contributed by atoms with Crippen molar-refractivity contribution < 1.29 is 4.79 Å². The van der Waals surface area contributed by atoms with Gasteiger partial charge in [-0.1, -0.05) is 0 Å². The molecule has 0 unspecified atom stereocenters. The number of rotatable bonds is 6. The van der Waals surface area contributed by atoms with E-state index in [-0.39, 0.29) is 5.91 Å². The quantitative estimate of drug-likeness (QED) is 0.751. The molecule has 0 bridgehead atoms. The van der Waals surface area contributed by atoms with Gasteiger partial charge in [0.2, 0.25) is 5.91 Å². The first-order chi connectivity index (χ1) is 11.9. The van der Waals surface area contributed by atoms with E-state index in [1.165, 1.54) is 0 Å². The second-order valence-corrected chi connectivity index (χ2v) is 6.70. The van der Waals surface area contributed by atoms with Crippen LogP contribution in [0.25, 0.3) is 11.0 Å². The maximum atomic E-state index is 12.3. The van der Waals surface area contributed by atoms with Crippen LogP contribution in [0.1, 0.15) is 11.4 Å². The number of benzene rings is 1. The first-order valence-electron chi connectivity index (χ1n) is 8.46. The van der Waals surface area contributed by atoms with E-state index in [9.17, 15) is 4.79 Å². The minimum Gasteiger partial charge on any atom is -0.340 e. The molecule has 0 aliphatic carbocycles. The van der Waals surface area contributed by atoms with Crippen molar-refractivity contribution in [3.8, 4) is 0 Å². The molecular formula is C19H25N5O. The van der Waals surface area contributed by atoms with E-state index in [0.717, 1.165) is 41.2 Å². The second-order valence-electron chi connectivity index (χ2n) is 6.70. The van der Waals surface area contributed by atoms with Gasteiger partial charge in [-0.15, -0.1) is 0 Å². The van der Waals surface area contributed by atoms with Crippen molar-refractivity contribution in [2.45, 2.75) is 26.9 Å². The zero-order valence-electron chi connectivity index (χ0n) is 15.3. The standard InChI is InChI=1S/C19H25N5O/c1-14-5-6-15(2)24(14)12-19(25)21-16-7-8-18-17(11-16)20-13-23(18)10-9-22(3)4/h5-8,11,13H,9-10,12H2,1-4H3,(H,21,25). The zero-order chi connectivity index (χ0) is 18.0. The predicted octanol–water partition coefficient (Wildman–Crippen LogP) is 2.65. The first-order valence-corrected chi connectivity index (χ1v) is 8.46. The summed E-state index contributed by atoms with van der Waals surface area (Å²) in [6.45, 7) is 6.18. The number of aromatic nitrogens is 3. The van der Waals surface area contributed by atoms with Crippen LogP contribution in [0, 0.1) is 13.8 Å². The molecule has 3 aromatic rings. The van der Waals surface area contributed by atoms with Crippen LogP contribution in [0.5, 0.6) is 0 Å². The first kappa shape index (κ1) is 17.2. The van der Waals surface area contributed by atoms with Crippen molar-refractivity contribution in [2.24, 2.45) is 0 Å². The summed E-state index contributed by atoms with van der Waals surface area (Å²) < 4.78 is 4.14. The molecule has 1 N–H and O–H groups in total. The third-order valence-electron chi connectivity index (χ3n) is 4.41. The molecule has 0 radical (unpaired) electrons. The van der Waals surface area contributed by atoms with Gasteiger partial charge in [0.1, 0.15) is 6.54 Å². The molecule has 3 rings (SSSR count). The monoisotopic (exact) mass is 339 g/mol. The van der Waals surface area contributed by atoms with Crippen LogP contribution in [-0.2, 0) is 17.9 Å². The fourth-order valence-corrected chi connectivity index (χ4v) is 2.92. The number of amides is 1. The zero-order valence-corrected chi connectivity index (χ0v) is 15.3. The minimum atomic E-state index is -0.0335. The Labute approximate surface area is 148 Å². The summed E-state index contributed by atoms with van der Waals surface area (Å²) in [5.74, 6) is -0.0335. The van der Waals surface area contributed by atoms with E-state index in [1.807, 2.05) is 55.1 Å². The highest BCUT2D eigenvalue weighted by Crippen LogP contribution is 2.18. The number of aryl methyl sites for hydroxylation is 2. The van der Waals surface area contributed by atoms with E-state index in [4.69, 9.17) is 0 Å². The molecule has 0 aliphatic rings. The number of hydrogen-bond donors (Lipinski definition) is 1. The van der Waals surface area contributed by atoms with Crippen molar-refractivity contribution in [1.29, 1.82) is 0 Å². The molecule has 1 aromatic carbocycles. The maximum absolute atomic E-state index is 12.3.